The van der Waals surface area contributed by atoms with Gasteiger partial charge in [0.1, 0.15) is 0 Å². The van der Waals surface area contributed by atoms with Crippen molar-refractivity contribution in [3.8, 4) is 0 Å². The minimum absolute atomic E-state index is 0.289. The second kappa shape index (κ2) is 5.09. The summed E-state index contributed by atoms with van der Waals surface area (Å²) in [6.45, 7) is 3.42. The van der Waals surface area contributed by atoms with Crippen molar-refractivity contribution in [2.24, 2.45) is 0 Å². The lowest BCUT2D eigenvalue weighted by atomic mass is 10.2. The number of hydrogen-bond acceptors (Lipinski definition) is 4. The third-order valence-corrected chi connectivity index (χ3v) is 2.99. The quantitative estimate of drug-likeness (QED) is 0.720. The second-order valence-electron chi connectivity index (χ2n) is 3.39. The Bertz CT molecular complexity index is 413. The number of carboxylic acids is 1. The molecule has 0 unspecified atom stereocenters. The van der Waals surface area contributed by atoms with E-state index in [-0.39, 0.29) is 12.5 Å². The average Bonchev–Trinajstić information content (AvgIpc) is 2.53. The molecule has 0 radical (unpaired) electrons. The first-order valence-corrected chi connectivity index (χ1v) is 5.49. The normalized spacial score (nSPS) is 12.2. The third kappa shape index (κ3) is 3.04. The van der Waals surface area contributed by atoms with Crippen LogP contribution in [-0.2, 0) is 4.79 Å². The van der Waals surface area contributed by atoms with E-state index in [1.54, 1.807) is 6.07 Å². The molecule has 0 aliphatic carbocycles. The Balaban J connectivity index is 2.60. The third-order valence-electron chi connectivity index (χ3n) is 2.03. The van der Waals surface area contributed by atoms with E-state index in [2.05, 4.69) is 5.32 Å². The summed E-state index contributed by atoms with van der Waals surface area (Å²) in [5.74, 6) is -1.71. The summed E-state index contributed by atoms with van der Waals surface area (Å²) < 4.78 is 0. The van der Waals surface area contributed by atoms with Crippen LogP contribution in [0.25, 0.3) is 0 Å². The zero-order valence-corrected chi connectivity index (χ0v) is 9.80. The Morgan fingerprint density at radius 1 is 1.50 bits per heavy atom. The van der Waals surface area contributed by atoms with Crippen LogP contribution in [0.3, 0.4) is 0 Å². The highest BCUT2D eigenvalue weighted by atomic mass is 32.1. The second-order valence-corrected chi connectivity index (χ2v) is 4.85. The Hall–Kier alpha value is -1.40. The van der Waals surface area contributed by atoms with Crippen molar-refractivity contribution < 1.29 is 19.8 Å². The number of nitrogens with one attached hydrogen (secondary N) is 1. The topological polar surface area (TPSA) is 86.6 Å². The fourth-order valence-corrected chi connectivity index (χ4v) is 2.15. The van der Waals surface area contributed by atoms with Gasteiger partial charge >= 0.3 is 5.97 Å². The minimum atomic E-state index is -1.57. The molecule has 1 aromatic heterocycles. The molecule has 1 aromatic rings. The van der Waals surface area contributed by atoms with Gasteiger partial charge in [-0.15, -0.1) is 11.3 Å². The van der Waals surface area contributed by atoms with Gasteiger partial charge in [0.05, 0.1) is 12.1 Å². The van der Waals surface area contributed by atoms with Crippen molar-refractivity contribution in [1.82, 2.24) is 5.32 Å². The van der Waals surface area contributed by atoms with Crippen molar-refractivity contribution in [2.75, 3.05) is 6.54 Å². The van der Waals surface area contributed by atoms with Gasteiger partial charge in [0.25, 0.3) is 5.91 Å². The molecule has 16 heavy (non-hydrogen) atoms. The van der Waals surface area contributed by atoms with Crippen molar-refractivity contribution >= 4 is 23.2 Å². The highest BCUT2D eigenvalue weighted by Gasteiger charge is 2.16. The van der Waals surface area contributed by atoms with Crippen LogP contribution in [0.1, 0.15) is 20.1 Å². The summed E-state index contributed by atoms with van der Waals surface area (Å²) >= 11 is 1.50. The predicted molar refractivity (Wildman–Crippen MR) is 59.8 cm³/mol. The van der Waals surface area contributed by atoms with Gasteiger partial charge in [-0.1, -0.05) is 0 Å². The monoisotopic (exact) mass is 243 g/mol. The van der Waals surface area contributed by atoms with Crippen LogP contribution in [-0.4, -0.2) is 34.7 Å². The van der Waals surface area contributed by atoms with E-state index < -0.39 is 12.1 Å². The lowest BCUT2D eigenvalue weighted by Gasteiger charge is -2.07. The maximum Gasteiger partial charge on any atom is 0.334 e. The zero-order chi connectivity index (χ0) is 12.3. The van der Waals surface area contributed by atoms with Gasteiger partial charge < -0.3 is 15.5 Å². The number of carbonyl (C=O) groups is 2. The van der Waals surface area contributed by atoms with Crippen LogP contribution < -0.4 is 5.32 Å². The van der Waals surface area contributed by atoms with E-state index in [1.165, 1.54) is 11.3 Å². The van der Waals surface area contributed by atoms with Crippen LogP contribution in [0.4, 0.5) is 0 Å². The van der Waals surface area contributed by atoms with Gasteiger partial charge in [-0.3, -0.25) is 4.79 Å². The molecule has 88 valence electrons. The first kappa shape index (κ1) is 12.7. The maximum atomic E-state index is 11.6. The molecule has 3 N–H and O–H groups in total. The highest BCUT2D eigenvalue weighted by molar-refractivity contribution is 7.12. The lowest BCUT2D eigenvalue weighted by Crippen LogP contribution is -2.36. The Labute approximate surface area is 96.7 Å². The van der Waals surface area contributed by atoms with Gasteiger partial charge in [0.2, 0.25) is 0 Å². The summed E-state index contributed by atoms with van der Waals surface area (Å²) in [6, 6.07) is 1.74. The van der Waals surface area contributed by atoms with E-state index in [0.29, 0.717) is 5.56 Å². The van der Waals surface area contributed by atoms with Gasteiger partial charge in [0.15, 0.2) is 6.10 Å². The number of aryl methyl sites for hydroxylation is 2. The molecule has 1 rings (SSSR count). The zero-order valence-electron chi connectivity index (χ0n) is 8.98. The van der Waals surface area contributed by atoms with Crippen LogP contribution in [0.2, 0.25) is 0 Å². The molecular formula is C10H13NO4S. The first-order chi connectivity index (χ1) is 7.41. The van der Waals surface area contributed by atoms with Crippen molar-refractivity contribution in [3.05, 3.63) is 21.4 Å². The number of carbonyl (C=O) groups excluding carboxylic acids is 1. The van der Waals surface area contributed by atoms with E-state index in [0.717, 1.165) is 9.75 Å². The molecular weight excluding hydrogens is 230 g/mol. The van der Waals surface area contributed by atoms with E-state index in [4.69, 9.17) is 10.2 Å². The van der Waals surface area contributed by atoms with Gasteiger partial charge in [0, 0.05) is 9.75 Å². The molecule has 1 atom stereocenters. The molecule has 0 aromatic carbocycles. The number of thiophene rings is 1. The van der Waals surface area contributed by atoms with Gasteiger partial charge in [-0.25, -0.2) is 4.79 Å². The summed E-state index contributed by atoms with van der Waals surface area (Å²) in [4.78, 5) is 23.8. The molecule has 1 heterocycles. The van der Waals surface area contributed by atoms with Crippen molar-refractivity contribution in [1.29, 1.82) is 0 Å². The number of amides is 1. The molecule has 0 saturated heterocycles. The predicted octanol–water partition coefficient (Wildman–Crippen LogP) is 0.540. The van der Waals surface area contributed by atoms with Crippen LogP contribution in [0, 0.1) is 13.8 Å². The molecule has 6 heteroatoms. The standard InChI is InChI=1S/C10H13NO4S/c1-5-3-7(6(2)16-5)9(13)11-4-8(12)10(14)15/h3,8,12H,4H2,1-2H3,(H,11,13)(H,14,15)/t8-/m0/s1. The SMILES string of the molecule is Cc1cc(C(=O)NC[C@H](O)C(=O)O)c(C)s1. The van der Waals surface area contributed by atoms with E-state index in [9.17, 15) is 9.59 Å². The molecule has 0 aliphatic rings. The average molecular weight is 243 g/mol. The van der Waals surface area contributed by atoms with Gasteiger partial charge in [-0.05, 0) is 19.9 Å². The van der Waals surface area contributed by atoms with Crippen LogP contribution in [0.15, 0.2) is 6.07 Å². The number of carboxylic acid groups (broad SMARTS) is 1. The molecule has 0 saturated carbocycles. The fraction of sp³-hybridized carbons (Fsp3) is 0.400. The summed E-state index contributed by atoms with van der Waals surface area (Å²) in [7, 11) is 0. The number of rotatable bonds is 4. The Morgan fingerprint density at radius 3 is 2.56 bits per heavy atom. The molecule has 0 bridgehead atoms. The molecule has 1 amide bonds. The summed E-state index contributed by atoms with van der Waals surface area (Å²) in [6.07, 6.45) is -1.57. The number of hydrogen-bond donors (Lipinski definition) is 3. The van der Waals surface area contributed by atoms with Crippen LogP contribution in [0.5, 0.6) is 0 Å². The maximum absolute atomic E-state index is 11.6. The Morgan fingerprint density at radius 2 is 2.12 bits per heavy atom. The van der Waals surface area contributed by atoms with Crippen LogP contribution >= 0.6 is 11.3 Å². The Kier molecular flexibility index (Phi) is 4.03. The number of aliphatic carboxylic acids is 1. The highest BCUT2D eigenvalue weighted by Crippen LogP contribution is 2.20. The van der Waals surface area contributed by atoms with Crippen molar-refractivity contribution in [3.63, 3.8) is 0 Å². The molecule has 0 fully saturated rings. The summed E-state index contributed by atoms with van der Waals surface area (Å²) in [5.41, 5.74) is 0.528. The first-order valence-electron chi connectivity index (χ1n) is 4.68. The molecule has 0 aliphatic heterocycles. The van der Waals surface area contributed by atoms with Crippen molar-refractivity contribution in [2.45, 2.75) is 20.0 Å². The number of aliphatic hydroxyl groups excluding tert-OH is 1. The smallest absolute Gasteiger partial charge is 0.334 e. The lowest BCUT2D eigenvalue weighted by molar-refractivity contribution is -0.146. The minimum Gasteiger partial charge on any atom is -0.479 e. The summed E-state index contributed by atoms with van der Waals surface area (Å²) in [5, 5.41) is 19.8. The van der Waals surface area contributed by atoms with E-state index >= 15 is 0 Å². The van der Waals surface area contributed by atoms with Gasteiger partial charge in [-0.2, -0.15) is 0 Å². The fourth-order valence-electron chi connectivity index (χ4n) is 1.23. The van der Waals surface area contributed by atoms with E-state index in [1.807, 2.05) is 13.8 Å². The largest absolute Gasteiger partial charge is 0.479 e. The molecule has 0 spiro atoms. The molecule has 5 nitrogen and oxygen atoms in total. The number of aliphatic hydroxyl groups is 1.